The molecule has 162 valence electrons. The topological polar surface area (TPSA) is 104 Å². The van der Waals surface area contributed by atoms with Gasteiger partial charge in [0.15, 0.2) is 23.9 Å². The first-order valence-corrected chi connectivity index (χ1v) is 9.85. The molecular weight excluding hydrogens is 404 g/mol. The Kier molecular flexibility index (Phi) is 4.39. The summed E-state index contributed by atoms with van der Waals surface area (Å²) in [4.78, 5) is 13.6. The third-order valence-corrected chi connectivity index (χ3v) is 6.05. The van der Waals surface area contributed by atoms with Gasteiger partial charge in [-0.1, -0.05) is 6.58 Å². The fourth-order valence-corrected chi connectivity index (χ4v) is 4.43. The zero-order chi connectivity index (χ0) is 21.9. The van der Waals surface area contributed by atoms with Crippen molar-refractivity contribution >= 4 is 5.78 Å². The van der Waals surface area contributed by atoms with Crippen LogP contribution in [-0.4, -0.2) is 55.3 Å². The van der Waals surface area contributed by atoms with Crippen molar-refractivity contribution in [3.63, 3.8) is 0 Å². The van der Waals surface area contributed by atoms with Crippen LogP contribution in [0.5, 0.6) is 28.7 Å². The number of methoxy groups -OCH3 is 2. The molecule has 0 radical (unpaired) electrons. The Morgan fingerprint density at radius 1 is 1.23 bits per heavy atom. The Morgan fingerprint density at radius 3 is 2.68 bits per heavy atom. The number of rotatable bonds is 4. The van der Waals surface area contributed by atoms with Crippen molar-refractivity contribution in [2.45, 2.75) is 24.2 Å². The second-order valence-corrected chi connectivity index (χ2v) is 7.82. The zero-order valence-corrected chi connectivity index (χ0v) is 17.1. The van der Waals surface area contributed by atoms with Gasteiger partial charge in [0.25, 0.3) is 5.79 Å². The average molecular weight is 426 g/mol. The van der Waals surface area contributed by atoms with Crippen molar-refractivity contribution in [3.05, 3.63) is 53.1 Å². The number of benzene rings is 2. The number of hydrogen-bond donors (Lipinski definition) is 2. The smallest absolute Gasteiger partial charge is 0.256 e. The van der Waals surface area contributed by atoms with Gasteiger partial charge >= 0.3 is 0 Å². The molecule has 3 atom stereocenters. The predicted octanol–water partition coefficient (Wildman–Crippen LogP) is 2.00. The molecule has 31 heavy (non-hydrogen) atoms. The molecule has 0 amide bonds. The fraction of sp³-hybridized carbons (Fsp3) is 0.348. The maximum absolute atomic E-state index is 13.6. The van der Waals surface area contributed by atoms with E-state index in [1.54, 1.807) is 24.3 Å². The maximum Gasteiger partial charge on any atom is 0.256 e. The second-order valence-electron chi connectivity index (χ2n) is 7.82. The first-order valence-electron chi connectivity index (χ1n) is 9.85. The van der Waals surface area contributed by atoms with Crippen LogP contribution < -0.4 is 23.7 Å². The Bertz CT molecular complexity index is 1110. The number of ketones is 1. The van der Waals surface area contributed by atoms with Gasteiger partial charge in [0.1, 0.15) is 29.3 Å². The molecule has 3 aliphatic heterocycles. The summed E-state index contributed by atoms with van der Waals surface area (Å²) in [6.45, 7) is 3.39. The standard InChI is InChI=1S/C23H22O8/c1-11(9-24)16-7-14-15(30-16)5-4-12-21(25)20-13-6-18(27-2)19(28-3)8-17(13)29-10-23(20,26)31-22(12)14/h4-6,8,16,20,24,26H,1,7,9-10H2,2-3H3. The lowest BCUT2D eigenvalue weighted by Gasteiger charge is -2.43. The zero-order valence-electron chi connectivity index (χ0n) is 17.1. The normalized spacial score (nSPS) is 25.1. The molecule has 0 aliphatic carbocycles. The van der Waals surface area contributed by atoms with Crippen molar-refractivity contribution in [3.8, 4) is 28.7 Å². The quantitative estimate of drug-likeness (QED) is 0.716. The summed E-state index contributed by atoms with van der Waals surface area (Å²) in [6.07, 6.45) is -0.0355. The summed E-state index contributed by atoms with van der Waals surface area (Å²) in [6, 6.07) is 6.61. The Hall–Kier alpha value is -3.23. The SMILES string of the molecule is C=C(CO)C1Cc2c(ccc3c2OC2(O)COc4cc(OC)c(OC)cc4C2C3=O)O1. The van der Waals surface area contributed by atoms with Gasteiger partial charge in [0, 0.05) is 23.6 Å². The van der Waals surface area contributed by atoms with Crippen LogP contribution >= 0.6 is 0 Å². The largest absolute Gasteiger partial charge is 0.493 e. The number of hydrogen-bond acceptors (Lipinski definition) is 8. The van der Waals surface area contributed by atoms with E-state index in [9.17, 15) is 15.0 Å². The highest BCUT2D eigenvalue weighted by Gasteiger charge is 2.55. The number of aliphatic hydroxyl groups excluding tert-OH is 1. The molecule has 5 rings (SSSR count). The van der Waals surface area contributed by atoms with Gasteiger partial charge < -0.3 is 33.9 Å². The van der Waals surface area contributed by atoms with Gasteiger partial charge in [-0.3, -0.25) is 4.79 Å². The van der Waals surface area contributed by atoms with Crippen LogP contribution in [0.15, 0.2) is 36.4 Å². The van der Waals surface area contributed by atoms with E-state index in [4.69, 9.17) is 23.7 Å². The summed E-state index contributed by atoms with van der Waals surface area (Å²) < 4.78 is 28.3. The highest BCUT2D eigenvalue weighted by Crippen LogP contribution is 2.52. The van der Waals surface area contributed by atoms with E-state index >= 15 is 0 Å². The number of carbonyl (C=O) groups excluding carboxylic acids is 1. The molecule has 2 aromatic rings. The van der Waals surface area contributed by atoms with Gasteiger partial charge in [-0.05, 0) is 23.8 Å². The molecule has 2 N–H and O–H groups in total. The van der Waals surface area contributed by atoms with Crippen LogP contribution in [0.2, 0.25) is 0 Å². The first kappa shape index (κ1) is 19.7. The van der Waals surface area contributed by atoms with Gasteiger partial charge in [0.05, 0.1) is 26.4 Å². The van der Waals surface area contributed by atoms with Crippen LogP contribution in [-0.2, 0) is 6.42 Å². The monoisotopic (exact) mass is 426 g/mol. The van der Waals surface area contributed by atoms with Crippen molar-refractivity contribution in [1.82, 2.24) is 0 Å². The van der Waals surface area contributed by atoms with Crippen molar-refractivity contribution in [1.29, 1.82) is 0 Å². The number of Topliss-reactive ketones (excluding diaryl/α,β-unsaturated/α-hetero) is 1. The molecule has 3 aliphatic rings. The predicted molar refractivity (Wildman–Crippen MR) is 108 cm³/mol. The minimum Gasteiger partial charge on any atom is -0.493 e. The minimum atomic E-state index is -1.89. The van der Waals surface area contributed by atoms with E-state index in [1.807, 2.05) is 0 Å². The van der Waals surface area contributed by atoms with E-state index in [1.165, 1.54) is 14.2 Å². The van der Waals surface area contributed by atoms with E-state index in [-0.39, 0.29) is 24.7 Å². The second kappa shape index (κ2) is 6.90. The molecule has 3 unspecified atom stereocenters. The Morgan fingerprint density at radius 2 is 1.97 bits per heavy atom. The van der Waals surface area contributed by atoms with Crippen LogP contribution in [0.4, 0.5) is 0 Å². The summed E-state index contributed by atoms with van der Waals surface area (Å²) in [7, 11) is 3.00. The number of carbonyl (C=O) groups is 1. The number of ether oxygens (including phenoxy) is 5. The first-order chi connectivity index (χ1) is 14.9. The van der Waals surface area contributed by atoms with Gasteiger partial charge in [0.2, 0.25) is 0 Å². The van der Waals surface area contributed by atoms with Crippen LogP contribution in [0.1, 0.15) is 27.4 Å². The third kappa shape index (κ3) is 2.79. The van der Waals surface area contributed by atoms with Gasteiger partial charge in [-0.15, -0.1) is 0 Å². The molecule has 0 saturated carbocycles. The Labute approximate surface area is 178 Å². The summed E-state index contributed by atoms with van der Waals surface area (Å²) in [5, 5.41) is 20.7. The van der Waals surface area contributed by atoms with E-state index in [0.29, 0.717) is 51.7 Å². The molecule has 0 bridgehead atoms. The van der Waals surface area contributed by atoms with Crippen LogP contribution in [0, 0.1) is 0 Å². The molecule has 0 fully saturated rings. The Balaban J connectivity index is 1.60. The summed E-state index contributed by atoms with van der Waals surface area (Å²) in [5.74, 6) is -1.05. The van der Waals surface area contributed by atoms with E-state index in [0.717, 1.165) is 0 Å². The van der Waals surface area contributed by atoms with Gasteiger partial charge in [-0.2, -0.15) is 0 Å². The van der Waals surface area contributed by atoms with Crippen molar-refractivity contribution in [2.24, 2.45) is 0 Å². The molecule has 3 heterocycles. The van der Waals surface area contributed by atoms with Crippen LogP contribution in [0.3, 0.4) is 0 Å². The molecule has 0 aromatic heterocycles. The lowest BCUT2D eigenvalue weighted by atomic mass is 9.79. The molecule has 8 heteroatoms. The van der Waals surface area contributed by atoms with Crippen molar-refractivity contribution in [2.75, 3.05) is 27.4 Å². The number of fused-ring (bicyclic) bond motifs is 6. The molecule has 0 spiro atoms. The molecule has 8 nitrogen and oxygen atoms in total. The molecular formula is C23H22O8. The summed E-state index contributed by atoms with van der Waals surface area (Å²) >= 11 is 0. The van der Waals surface area contributed by atoms with E-state index in [2.05, 4.69) is 6.58 Å². The lowest BCUT2D eigenvalue weighted by Crippen LogP contribution is -2.55. The van der Waals surface area contributed by atoms with Gasteiger partial charge in [-0.25, -0.2) is 0 Å². The van der Waals surface area contributed by atoms with Crippen molar-refractivity contribution < 1.29 is 38.7 Å². The van der Waals surface area contributed by atoms with E-state index < -0.39 is 17.8 Å². The maximum atomic E-state index is 13.6. The molecule has 0 saturated heterocycles. The highest BCUT2D eigenvalue weighted by atomic mass is 16.7. The minimum absolute atomic E-state index is 0.206. The van der Waals surface area contributed by atoms with Crippen LogP contribution in [0.25, 0.3) is 0 Å². The summed E-state index contributed by atoms with van der Waals surface area (Å²) in [5.41, 5.74) is 2.01. The number of aliphatic hydroxyl groups is 2. The molecule has 2 aromatic carbocycles. The highest BCUT2D eigenvalue weighted by molar-refractivity contribution is 6.06. The lowest BCUT2D eigenvalue weighted by molar-refractivity contribution is -0.180. The third-order valence-electron chi connectivity index (χ3n) is 6.05. The fourth-order valence-electron chi connectivity index (χ4n) is 4.43. The average Bonchev–Trinajstić information content (AvgIpc) is 3.22.